The predicted molar refractivity (Wildman–Crippen MR) is 48.8 cm³/mol. The zero-order valence-electron chi connectivity index (χ0n) is 7.77. The first-order valence-corrected chi connectivity index (χ1v) is 4.73. The van der Waals surface area contributed by atoms with Gasteiger partial charge in [0, 0.05) is 6.54 Å². The number of nitrogens with zero attached hydrogens (tertiary/aromatic N) is 1. The van der Waals surface area contributed by atoms with Crippen LogP contribution in [0.4, 0.5) is 0 Å². The summed E-state index contributed by atoms with van der Waals surface area (Å²) in [6, 6.07) is 0. The summed E-state index contributed by atoms with van der Waals surface area (Å²) in [7, 11) is 2.04. The van der Waals surface area contributed by atoms with Crippen LogP contribution in [0.2, 0.25) is 0 Å². The van der Waals surface area contributed by atoms with Crippen molar-refractivity contribution in [2.45, 2.75) is 19.8 Å². The Kier molecular flexibility index (Phi) is 3.87. The van der Waals surface area contributed by atoms with Crippen LogP contribution in [-0.2, 0) is 0 Å². The quantitative estimate of drug-likeness (QED) is 0.651. The molecule has 2 heteroatoms. The van der Waals surface area contributed by atoms with Crippen LogP contribution in [0.25, 0.3) is 0 Å². The van der Waals surface area contributed by atoms with Crippen LogP contribution < -0.4 is 5.32 Å². The molecule has 0 aromatic carbocycles. The summed E-state index contributed by atoms with van der Waals surface area (Å²) in [4.78, 5) is 2.57. The van der Waals surface area contributed by atoms with Gasteiger partial charge in [-0.05, 0) is 45.4 Å². The topological polar surface area (TPSA) is 15.3 Å². The fourth-order valence-corrected chi connectivity index (χ4v) is 1.89. The summed E-state index contributed by atoms with van der Waals surface area (Å²) >= 11 is 0. The summed E-state index contributed by atoms with van der Waals surface area (Å²) in [6.07, 6.45) is 2.69. The molecule has 0 aromatic rings. The Bertz CT molecular complexity index is 91.7. The van der Waals surface area contributed by atoms with E-state index in [0.29, 0.717) is 0 Å². The lowest BCUT2D eigenvalue weighted by molar-refractivity contribution is 0.323. The molecular formula is C9H20N2. The van der Waals surface area contributed by atoms with Crippen molar-refractivity contribution >= 4 is 0 Å². The van der Waals surface area contributed by atoms with E-state index >= 15 is 0 Å². The first kappa shape index (κ1) is 9.01. The van der Waals surface area contributed by atoms with Crippen molar-refractivity contribution in [2.75, 3.05) is 33.2 Å². The van der Waals surface area contributed by atoms with E-state index < -0.39 is 0 Å². The molecule has 11 heavy (non-hydrogen) atoms. The second-order valence-corrected chi connectivity index (χ2v) is 3.51. The molecule has 1 aliphatic heterocycles. The summed E-state index contributed by atoms with van der Waals surface area (Å²) < 4.78 is 0. The molecule has 1 N–H and O–H groups in total. The van der Waals surface area contributed by atoms with E-state index in [0.717, 1.165) is 5.92 Å². The number of hydrogen-bond acceptors (Lipinski definition) is 2. The van der Waals surface area contributed by atoms with Gasteiger partial charge in [0.25, 0.3) is 0 Å². The van der Waals surface area contributed by atoms with Gasteiger partial charge in [-0.1, -0.05) is 6.92 Å². The number of nitrogens with one attached hydrogen (secondary N) is 1. The summed E-state index contributed by atoms with van der Waals surface area (Å²) in [5.74, 6) is 0.909. The zero-order chi connectivity index (χ0) is 8.10. The molecule has 1 saturated heterocycles. The van der Waals surface area contributed by atoms with Gasteiger partial charge in [0.1, 0.15) is 0 Å². The minimum Gasteiger partial charge on any atom is -0.319 e. The average Bonchev–Trinajstić information content (AvgIpc) is 2.38. The second-order valence-electron chi connectivity index (χ2n) is 3.51. The monoisotopic (exact) mass is 156 g/mol. The molecule has 0 spiro atoms. The molecule has 0 radical (unpaired) electrons. The van der Waals surface area contributed by atoms with E-state index in [-0.39, 0.29) is 0 Å². The van der Waals surface area contributed by atoms with Gasteiger partial charge in [-0.15, -0.1) is 0 Å². The lowest BCUT2D eigenvalue weighted by atomic mass is 10.1. The van der Waals surface area contributed by atoms with Gasteiger partial charge in [-0.2, -0.15) is 0 Å². The number of likely N-dealkylation sites (tertiary alicyclic amines) is 1. The van der Waals surface area contributed by atoms with Crippen LogP contribution in [0.3, 0.4) is 0 Å². The van der Waals surface area contributed by atoms with Crippen LogP contribution >= 0.6 is 0 Å². The highest BCUT2D eigenvalue weighted by molar-refractivity contribution is 4.75. The van der Waals surface area contributed by atoms with Gasteiger partial charge >= 0.3 is 0 Å². The van der Waals surface area contributed by atoms with Crippen molar-refractivity contribution in [1.82, 2.24) is 10.2 Å². The highest BCUT2D eigenvalue weighted by atomic mass is 15.1. The smallest absolute Gasteiger partial charge is 0.00223 e. The number of rotatable bonds is 4. The predicted octanol–water partition coefficient (Wildman–Crippen LogP) is 0.938. The van der Waals surface area contributed by atoms with Crippen LogP contribution in [0.15, 0.2) is 0 Å². The molecule has 66 valence electrons. The van der Waals surface area contributed by atoms with Crippen LogP contribution in [0, 0.1) is 5.92 Å². The summed E-state index contributed by atoms with van der Waals surface area (Å²) in [5.41, 5.74) is 0. The molecule has 1 atom stereocenters. The minimum absolute atomic E-state index is 0.909. The Morgan fingerprint density at radius 3 is 3.00 bits per heavy atom. The van der Waals surface area contributed by atoms with E-state index in [9.17, 15) is 0 Å². The molecule has 2 nitrogen and oxygen atoms in total. The van der Waals surface area contributed by atoms with E-state index in [1.165, 1.54) is 39.0 Å². The zero-order valence-corrected chi connectivity index (χ0v) is 7.77. The normalized spacial score (nSPS) is 26.2. The molecule has 0 aromatic heterocycles. The molecule has 1 unspecified atom stereocenters. The van der Waals surface area contributed by atoms with Crippen molar-refractivity contribution in [3.05, 3.63) is 0 Å². The van der Waals surface area contributed by atoms with Crippen molar-refractivity contribution in [3.63, 3.8) is 0 Å². The van der Waals surface area contributed by atoms with Gasteiger partial charge in [0.05, 0.1) is 0 Å². The van der Waals surface area contributed by atoms with Crippen molar-refractivity contribution in [1.29, 1.82) is 0 Å². The molecular weight excluding hydrogens is 136 g/mol. The fourth-order valence-electron chi connectivity index (χ4n) is 1.89. The van der Waals surface area contributed by atoms with E-state index in [4.69, 9.17) is 0 Å². The summed E-state index contributed by atoms with van der Waals surface area (Å²) in [5, 5.41) is 3.25. The maximum absolute atomic E-state index is 3.25. The van der Waals surface area contributed by atoms with Gasteiger partial charge in [-0.3, -0.25) is 0 Å². The molecule has 0 saturated carbocycles. The minimum atomic E-state index is 0.909. The van der Waals surface area contributed by atoms with E-state index in [1.54, 1.807) is 0 Å². The molecule has 1 fully saturated rings. The average molecular weight is 156 g/mol. The van der Waals surface area contributed by atoms with Crippen molar-refractivity contribution in [2.24, 2.45) is 5.92 Å². The Morgan fingerprint density at radius 1 is 1.55 bits per heavy atom. The SMILES string of the molecule is CCCN1CCC(CNC)C1. The van der Waals surface area contributed by atoms with Crippen LogP contribution in [-0.4, -0.2) is 38.1 Å². The van der Waals surface area contributed by atoms with Crippen molar-refractivity contribution < 1.29 is 0 Å². The Morgan fingerprint density at radius 2 is 2.36 bits per heavy atom. The highest BCUT2D eigenvalue weighted by Gasteiger charge is 2.20. The van der Waals surface area contributed by atoms with Gasteiger partial charge in [-0.25, -0.2) is 0 Å². The largest absolute Gasteiger partial charge is 0.319 e. The molecule has 1 heterocycles. The third kappa shape index (κ3) is 2.80. The first-order valence-electron chi connectivity index (χ1n) is 4.73. The van der Waals surface area contributed by atoms with Gasteiger partial charge < -0.3 is 10.2 Å². The molecule has 0 amide bonds. The lowest BCUT2D eigenvalue weighted by Gasteiger charge is -2.13. The highest BCUT2D eigenvalue weighted by Crippen LogP contribution is 2.14. The Labute approximate surface area is 70.0 Å². The van der Waals surface area contributed by atoms with Crippen LogP contribution in [0.5, 0.6) is 0 Å². The third-order valence-electron chi connectivity index (χ3n) is 2.40. The fraction of sp³-hybridized carbons (Fsp3) is 1.00. The third-order valence-corrected chi connectivity index (χ3v) is 2.40. The first-order chi connectivity index (χ1) is 5.36. The van der Waals surface area contributed by atoms with E-state index in [1.807, 2.05) is 7.05 Å². The Balaban J connectivity index is 2.12. The maximum Gasteiger partial charge on any atom is 0.00223 e. The van der Waals surface area contributed by atoms with Crippen molar-refractivity contribution in [3.8, 4) is 0 Å². The number of hydrogen-bond donors (Lipinski definition) is 1. The standard InChI is InChI=1S/C9H20N2/c1-3-5-11-6-4-9(8-11)7-10-2/h9-10H,3-8H2,1-2H3. The molecule has 0 aliphatic carbocycles. The van der Waals surface area contributed by atoms with Gasteiger partial charge in [0.2, 0.25) is 0 Å². The lowest BCUT2D eigenvalue weighted by Crippen LogP contribution is -2.25. The maximum atomic E-state index is 3.25. The molecule has 1 rings (SSSR count). The van der Waals surface area contributed by atoms with E-state index in [2.05, 4.69) is 17.1 Å². The Hall–Kier alpha value is -0.0800. The molecule has 0 bridgehead atoms. The second kappa shape index (κ2) is 4.73. The molecule has 1 aliphatic rings. The van der Waals surface area contributed by atoms with Crippen LogP contribution in [0.1, 0.15) is 19.8 Å². The van der Waals surface area contributed by atoms with Gasteiger partial charge in [0.15, 0.2) is 0 Å². The summed E-state index contributed by atoms with van der Waals surface area (Å²) in [6.45, 7) is 7.38.